The molecule has 0 aliphatic carbocycles. The van der Waals surface area contributed by atoms with Gasteiger partial charge >= 0.3 is 0 Å². The van der Waals surface area contributed by atoms with E-state index in [1.54, 1.807) is 6.20 Å². The number of carbonyl (C=O) groups excluding carboxylic acids is 2. The average molecular weight is 379 g/mol. The summed E-state index contributed by atoms with van der Waals surface area (Å²) in [5, 5.41) is 6.12. The number of carbonyl (C=O) groups is 2. The van der Waals surface area contributed by atoms with Gasteiger partial charge in [-0.1, -0.05) is 18.2 Å². The summed E-state index contributed by atoms with van der Waals surface area (Å²) in [5.74, 6) is 0.478. The third kappa shape index (κ3) is 2.35. The Morgan fingerprint density at radius 1 is 1.39 bits per heavy atom. The highest BCUT2D eigenvalue weighted by atomic mass is 16.2. The van der Waals surface area contributed by atoms with Gasteiger partial charge in [0, 0.05) is 49.7 Å². The highest BCUT2D eigenvalue weighted by Crippen LogP contribution is 2.55. The van der Waals surface area contributed by atoms with Crippen molar-refractivity contribution in [3.05, 3.63) is 48.0 Å². The van der Waals surface area contributed by atoms with Gasteiger partial charge in [-0.05, 0) is 31.9 Å². The van der Waals surface area contributed by atoms with Crippen LogP contribution in [0.15, 0.2) is 36.7 Å². The van der Waals surface area contributed by atoms with Crippen LogP contribution >= 0.6 is 0 Å². The number of hydrogen-bond acceptors (Lipinski definition) is 4. The first-order chi connectivity index (χ1) is 13.6. The fourth-order valence-corrected chi connectivity index (χ4v) is 5.44. The zero-order chi connectivity index (χ0) is 19.3. The van der Waals surface area contributed by atoms with Gasteiger partial charge in [-0.3, -0.25) is 14.5 Å². The van der Waals surface area contributed by atoms with E-state index >= 15 is 0 Å². The third-order valence-corrected chi connectivity index (χ3v) is 6.66. The normalized spacial score (nSPS) is 28.4. The van der Waals surface area contributed by atoms with Crippen LogP contribution in [0, 0.1) is 5.92 Å². The molecule has 1 aromatic carbocycles. The van der Waals surface area contributed by atoms with Crippen LogP contribution in [0.4, 0.5) is 5.69 Å². The van der Waals surface area contributed by atoms with Crippen LogP contribution in [-0.4, -0.2) is 45.4 Å². The fourth-order valence-electron chi connectivity index (χ4n) is 5.44. The van der Waals surface area contributed by atoms with E-state index in [2.05, 4.69) is 20.5 Å². The SMILES string of the molecule is Cn1ccnc1CCNC(=O)[C@H]1C[C@H]2CCCN2[C@]12C(=O)Nc1ccccc12. The molecule has 4 heterocycles. The number of rotatable bonds is 4. The lowest BCUT2D eigenvalue weighted by Gasteiger charge is -2.36. The Labute approximate surface area is 164 Å². The summed E-state index contributed by atoms with van der Waals surface area (Å²) >= 11 is 0. The van der Waals surface area contributed by atoms with Crippen LogP contribution in [0.1, 0.15) is 30.7 Å². The largest absolute Gasteiger partial charge is 0.355 e. The number of anilines is 1. The zero-order valence-electron chi connectivity index (χ0n) is 16.0. The smallest absolute Gasteiger partial charge is 0.250 e. The van der Waals surface area contributed by atoms with Crippen molar-refractivity contribution < 1.29 is 9.59 Å². The molecule has 0 bridgehead atoms. The second kappa shape index (κ2) is 6.44. The quantitative estimate of drug-likeness (QED) is 0.842. The molecule has 3 aliphatic rings. The molecule has 2 amide bonds. The summed E-state index contributed by atoms with van der Waals surface area (Å²) in [5.41, 5.74) is 0.921. The Hall–Kier alpha value is -2.67. The highest BCUT2D eigenvalue weighted by molar-refractivity contribution is 6.09. The van der Waals surface area contributed by atoms with Crippen LogP contribution in [0.25, 0.3) is 0 Å². The van der Waals surface area contributed by atoms with Gasteiger partial charge in [0.2, 0.25) is 11.8 Å². The van der Waals surface area contributed by atoms with E-state index in [9.17, 15) is 9.59 Å². The second-order valence-corrected chi connectivity index (χ2v) is 8.04. The van der Waals surface area contributed by atoms with Crippen LogP contribution in [0.5, 0.6) is 0 Å². The Morgan fingerprint density at radius 2 is 2.25 bits per heavy atom. The van der Waals surface area contributed by atoms with Gasteiger partial charge in [0.15, 0.2) is 0 Å². The van der Waals surface area contributed by atoms with E-state index in [-0.39, 0.29) is 17.7 Å². The predicted molar refractivity (Wildman–Crippen MR) is 105 cm³/mol. The number of nitrogens with one attached hydrogen (secondary N) is 2. The molecule has 7 nitrogen and oxygen atoms in total. The molecule has 0 radical (unpaired) electrons. The van der Waals surface area contributed by atoms with Gasteiger partial charge in [0.05, 0.1) is 5.92 Å². The minimum atomic E-state index is -0.870. The second-order valence-electron chi connectivity index (χ2n) is 8.04. The highest BCUT2D eigenvalue weighted by Gasteiger charge is 2.65. The van der Waals surface area contributed by atoms with Gasteiger partial charge in [-0.25, -0.2) is 4.98 Å². The Kier molecular flexibility index (Phi) is 4.01. The third-order valence-electron chi connectivity index (χ3n) is 6.66. The first kappa shape index (κ1) is 17.4. The Morgan fingerprint density at radius 3 is 3.07 bits per heavy atom. The van der Waals surface area contributed by atoms with E-state index in [0.717, 1.165) is 42.9 Å². The molecule has 28 heavy (non-hydrogen) atoms. The van der Waals surface area contributed by atoms with Gasteiger partial charge in [0.1, 0.15) is 11.4 Å². The molecule has 146 valence electrons. The maximum Gasteiger partial charge on any atom is 0.250 e. The molecular formula is C21H25N5O2. The molecule has 0 unspecified atom stereocenters. The van der Waals surface area contributed by atoms with Crippen molar-refractivity contribution in [2.24, 2.45) is 13.0 Å². The standard InChI is InChI=1S/C21H25N5O2/c1-25-12-10-22-18(25)8-9-23-19(27)16-13-14-5-4-11-26(14)21(16)15-6-2-3-7-17(15)24-20(21)28/h2-3,6-7,10,12,14,16H,4-5,8-9,11,13H2,1H3,(H,23,27)(H,24,28)/t14-,16-,21+/m1/s1. The number of amides is 2. The summed E-state index contributed by atoms with van der Waals surface area (Å²) in [4.78, 5) is 33.1. The van der Waals surface area contributed by atoms with Crippen molar-refractivity contribution >= 4 is 17.5 Å². The summed E-state index contributed by atoms with van der Waals surface area (Å²) < 4.78 is 1.96. The van der Waals surface area contributed by atoms with Crippen molar-refractivity contribution in [2.45, 2.75) is 37.3 Å². The minimum Gasteiger partial charge on any atom is -0.355 e. The van der Waals surface area contributed by atoms with Gasteiger partial charge in [0.25, 0.3) is 0 Å². The fraction of sp³-hybridized carbons (Fsp3) is 0.476. The summed E-state index contributed by atoms with van der Waals surface area (Å²) in [6.45, 7) is 1.38. The molecule has 0 saturated carbocycles. The summed E-state index contributed by atoms with van der Waals surface area (Å²) in [6, 6.07) is 8.11. The van der Waals surface area contributed by atoms with E-state index in [1.807, 2.05) is 42.1 Å². The Balaban J connectivity index is 1.43. The van der Waals surface area contributed by atoms with Crippen LogP contribution in [0.3, 0.4) is 0 Å². The lowest BCUT2D eigenvalue weighted by Crippen LogP contribution is -2.54. The minimum absolute atomic E-state index is 0.0320. The first-order valence-corrected chi connectivity index (χ1v) is 10.0. The molecule has 3 atom stereocenters. The number of aryl methyl sites for hydroxylation is 1. The van der Waals surface area contributed by atoms with Gasteiger partial charge in [-0.2, -0.15) is 0 Å². The van der Waals surface area contributed by atoms with Crippen molar-refractivity contribution in [3.63, 3.8) is 0 Å². The summed E-state index contributed by atoms with van der Waals surface area (Å²) in [6.07, 6.45) is 7.19. The molecule has 1 spiro atoms. The molecule has 5 rings (SSSR count). The molecule has 1 aromatic heterocycles. The van der Waals surface area contributed by atoms with E-state index < -0.39 is 5.54 Å². The zero-order valence-corrected chi connectivity index (χ0v) is 16.0. The molecule has 2 aromatic rings. The van der Waals surface area contributed by atoms with Crippen LogP contribution < -0.4 is 10.6 Å². The van der Waals surface area contributed by atoms with Crippen molar-refractivity contribution in [1.82, 2.24) is 19.8 Å². The number of nitrogens with zero attached hydrogens (tertiary/aromatic N) is 3. The molecule has 3 aliphatic heterocycles. The number of hydrogen-bond donors (Lipinski definition) is 2. The topological polar surface area (TPSA) is 79.3 Å². The molecule has 2 saturated heterocycles. The number of imidazole rings is 1. The van der Waals surface area contributed by atoms with Gasteiger partial charge < -0.3 is 15.2 Å². The molecule has 2 fully saturated rings. The lowest BCUT2D eigenvalue weighted by molar-refractivity contribution is -0.137. The van der Waals surface area contributed by atoms with Crippen molar-refractivity contribution in [3.8, 4) is 0 Å². The number of fused-ring (bicyclic) bond motifs is 4. The predicted octanol–water partition coefficient (Wildman–Crippen LogP) is 1.41. The van der Waals surface area contributed by atoms with E-state index in [1.165, 1.54) is 0 Å². The maximum absolute atomic E-state index is 13.3. The number of aromatic nitrogens is 2. The molecule has 7 heteroatoms. The maximum atomic E-state index is 13.3. The van der Waals surface area contributed by atoms with Crippen molar-refractivity contribution in [1.29, 1.82) is 0 Å². The van der Waals surface area contributed by atoms with E-state index in [4.69, 9.17) is 0 Å². The lowest BCUT2D eigenvalue weighted by atomic mass is 9.78. The molecular weight excluding hydrogens is 354 g/mol. The number of benzene rings is 1. The van der Waals surface area contributed by atoms with E-state index in [0.29, 0.717) is 19.0 Å². The van der Waals surface area contributed by atoms with Crippen LogP contribution in [-0.2, 0) is 28.6 Å². The summed E-state index contributed by atoms with van der Waals surface area (Å²) in [7, 11) is 1.95. The number of para-hydroxylation sites is 1. The average Bonchev–Trinajstić information content (AvgIpc) is 3.42. The Bertz CT molecular complexity index is 938. The first-order valence-electron chi connectivity index (χ1n) is 10.0. The van der Waals surface area contributed by atoms with Crippen LogP contribution in [0.2, 0.25) is 0 Å². The van der Waals surface area contributed by atoms with Gasteiger partial charge in [-0.15, -0.1) is 0 Å². The monoisotopic (exact) mass is 379 g/mol. The molecule has 2 N–H and O–H groups in total. The van der Waals surface area contributed by atoms with Crippen molar-refractivity contribution in [2.75, 3.05) is 18.4 Å².